The second-order valence-corrected chi connectivity index (χ2v) is 8.58. The molecule has 0 fully saturated rings. The Morgan fingerprint density at radius 3 is 2.31 bits per heavy atom. The Balaban J connectivity index is 2.17. The van der Waals surface area contributed by atoms with Crippen molar-refractivity contribution in [1.82, 2.24) is 10.2 Å². The molecule has 0 aliphatic carbocycles. The van der Waals surface area contributed by atoms with Crippen LogP contribution >= 0.6 is 39.1 Å². The summed E-state index contributed by atoms with van der Waals surface area (Å²) in [4.78, 5) is 26.9. The molecule has 1 atom stereocenters. The van der Waals surface area contributed by atoms with Crippen molar-refractivity contribution in [3.63, 3.8) is 0 Å². The van der Waals surface area contributed by atoms with Gasteiger partial charge in [-0.2, -0.15) is 0 Å². The maximum Gasteiger partial charge on any atom is 0.261 e. The predicted octanol–water partition coefficient (Wildman–Crippen LogP) is 5.08. The third-order valence-electron chi connectivity index (χ3n) is 4.11. The van der Waals surface area contributed by atoms with Gasteiger partial charge in [0, 0.05) is 17.1 Å². The van der Waals surface area contributed by atoms with Crippen molar-refractivity contribution in [2.24, 2.45) is 0 Å². The maximum absolute atomic E-state index is 12.9. The minimum Gasteiger partial charge on any atom is -0.484 e. The quantitative estimate of drug-likeness (QED) is 0.548. The Morgan fingerprint density at radius 1 is 1.07 bits per heavy atom. The van der Waals surface area contributed by atoms with E-state index in [9.17, 15) is 9.59 Å². The Bertz CT molecular complexity index is 860. The summed E-state index contributed by atoms with van der Waals surface area (Å²) >= 11 is 15.4. The molecule has 156 valence electrons. The zero-order valence-corrected chi connectivity index (χ0v) is 19.5. The number of carbonyl (C=O) groups excluding carboxylic acids is 2. The van der Waals surface area contributed by atoms with E-state index < -0.39 is 6.04 Å². The average Bonchev–Trinajstić information content (AvgIpc) is 2.67. The molecule has 0 bridgehead atoms. The first-order chi connectivity index (χ1) is 13.7. The summed E-state index contributed by atoms with van der Waals surface area (Å²) in [7, 11) is 0. The van der Waals surface area contributed by atoms with Crippen LogP contribution in [-0.4, -0.2) is 35.4 Å². The van der Waals surface area contributed by atoms with Crippen LogP contribution in [0.3, 0.4) is 0 Å². The molecule has 0 aromatic heterocycles. The maximum atomic E-state index is 12.9. The van der Waals surface area contributed by atoms with E-state index in [1.165, 1.54) is 4.90 Å². The highest BCUT2D eigenvalue weighted by atomic mass is 79.9. The van der Waals surface area contributed by atoms with Crippen LogP contribution < -0.4 is 10.1 Å². The molecule has 1 N–H and O–H groups in total. The summed E-state index contributed by atoms with van der Waals surface area (Å²) < 4.78 is 6.52. The van der Waals surface area contributed by atoms with Gasteiger partial charge in [-0.15, -0.1) is 0 Å². The van der Waals surface area contributed by atoms with Crippen LogP contribution in [0.5, 0.6) is 5.75 Å². The van der Waals surface area contributed by atoms with Gasteiger partial charge in [0.05, 0.1) is 10.0 Å². The molecule has 2 rings (SSSR count). The summed E-state index contributed by atoms with van der Waals surface area (Å²) in [5, 5.41) is 3.66. The summed E-state index contributed by atoms with van der Waals surface area (Å²) in [6.07, 6.45) is 0. The molecule has 1 unspecified atom stereocenters. The van der Waals surface area contributed by atoms with Gasteiger partial charge in [0.25, 0.3) is 5.91 Å². The molecule has 29 heavy (non-hydrogen) atoms. The van der Waals surface area contributed by atoms with Gasteiger partial charge in [-0.25, -0.2) is 0 Å². The number of halogens is 3. The topological polar surface area (TPSA) is 58.6 Å². The van der Waals surface area contributed by atoms with Gasteiger partial charge in [-0.05, 0) is 62.7 Å². The molecule has 0 radical (unpaired) electrons. The van der Waals surface area contributed by atoms with Gasteiger partial charge in [-0.3, -0.25) is 9.59 Å². The molecule has 0 saturated heterocycles. The zero-order valence-electron chi connectivity index (χ0n) is 16.4. The largest absolute Gasteiger partial charge is 0.484 e. The van der Waals surface area contributed by atoms with Crippen LogP contribution in [0.1, 0.15) is 26.3 Å². The lowest BCUT2D eigenvalue weighted by Crippen LogP contribution is -2.50. The number of rotatable bonds is 8. The first-order valence-corrected chi connectivity index (χ1v) is 10.6. The highest BCUT2D eigenvalue weighted by molar-refractivity contribution is 9.10. The third-order valence-corrected chi connectivity index (χ3v) is 5.38. The van der Waals surface area contributed by atoms with Gasteiger partial charge >= 0.3 is 0 Å². The fourth-order valence-corrected chi connectivity index (χ4v) is 3.17. The van der Waals surface area contributed by atoms with Gasteiger partial charge in [0.2, 0.25) is 5.91 Å². The molecule has 8 heteroatoms. The van der Waals surface area contributed by atoms with Crippen LogP contribution in [-0.2, 0) is 16.1 Å². The smallest absolute Gasteiger partial charge is 0.261 e. The summed E-state index contributed by atoms with van der Waals surface area (Å²) in [5.41, 5.74) is 0.764. The highest BCUT2D eigenvalue weighted by Gasteiger charge is 2.27. The van der Waals surface area contributed by atoms with E-state index in [1.807, 2.05) is 26.0 Å². The molecule has 5 nitrogen and oxygen atoms in total. The van der Waals surface area contributed by atoms with E-state index in [4.69, 9.17) is 27.9 Å². The number of nitrogens with zero attached hydrogens (tertiary/aromatic N) is 1. The Labute approximate surface area is 189 Å². The van der Waals surface area contributed by atoms with E-state index >= 15 is 0 Å². The molecule has 2 aromatic carbocycles. The van der Waals surface area contributed by atoms with E-state index in [0.29, 0.717) is 15.8 Å². The molecule has 0 heterocycles. The van der Waals surface area contributed by atoms with Crippen LogP contribution in [0.15, 0.2) is 46.9 Å². The van der Waals surface area contributed by atoms with E-state index in [0.717, 1.165) is 10.0 Å². The number of nitrogens with one attached hydrogen (secondary N) is 1. The monoisotopic (exact) mass is 500 g/mol. The molecule has 2 aromatic rings. The fraction of sp³-hybridized carbons (Fsp3) is 0.333. The van der Waals surface area contributed by atoms with Crippen molar-refractivity contribution in [3.8, 4) is 5.75 Å². The van der Waals surface area contributed by atoms with E-state index in [2.05, 4.69) is 21.2 Å². The van der Waals surface area contributed by atoms with Crippen molar-refractivity contribution < 1.29 is 14.3 Å². The van der Waals surface area contributed by atoms with Gasteiger partial charge in [-0.1, -0.05) is 45.2 Å². The van der Waals surface area contributed by atoms with Crippen LogP contribution in [0.4, 0.5) is 0 Å². The van der Waals surface area contributed by atoms with E-state index in [1.54, 1.807) is 37.3 Å². The molecular weight excluding hydrogens is 479 g/mol. The molecule has 0 saturated carbocycles. The van der Waals surface area contributed by atoms with Crippen molar-refractivity contribution in [2.75, 3.05) is 6.61 Å². The van der Waals surface area contributed by atoms with Gasteiger partial charge < -0.3 is 15.0 Å². The predicted molar refractivity (Wildman–Crippen MR) is 119 cm³/mol. The van der Waals surface area contributed by atoms with Crippen LogP contribution in [0, 0.1) is 0 Å². The summed E-state index contributed by atoms with van der Waals surface area (Å²) in [6, 6.07) is 11.6. The fourth-order valence-electron chi connectivity index (χ4n) is 2.58. The minimum absolute atomic E-state index is 0.0362. The standard InChI is InChI=1S/C21H23BrCl2N2O3/c1-13(2)25-21(28)14(3)26(11-15-4-9-18(23)19(24)10-15)20(27)12-29-17-7-5-16(22)6-8-17/h4-10,13-14H,11-12H2,1-3H3,(H,25,28). The normalized spacial score (nSPS) is 11.8. The second-order valence-electron chi connectivity index (χ2n) is 6.85. The zero-order chi connectivity index (χ0) is 21.6. The lowest BCUT2D eigenvalue weighted by atomic mass is 10.1. The SMILES string of the molecule is CC(C)NC(=O)C(C)N(Cc1ccc(Cl)c(Cl)c1)C(=O)COc1ccc(Br)cc1. The first-order valence-electron chi connectivity index (χ1n) is 9.09. The lowest BCUT2D eigenvalue weighted by molar-refractivity contribution is -0.142. The molecule has 0 aliphatic heterocycles. The van der Waals surface area contributed by atoms with Crippen molar-refractivity contribution in [1.29, 1.82) is 0 Å². The summed E-state index contributed by atoms with van der Waals surface area (Å²) in [5.74, 6) is 0.0118. The molecule has 0 spiro atoms. The number of hydrogen-bond acceptors (Lipinski definition) is 3. The molecule has 2 amide bonds. The first kappa shape index (κ1) is 23.5. The van der Waals surface area contributed by atoms with Gasteiger partial charge in [0.15, 0.2) is 6.61 Å². The third kappa shape index (κ3) is 7.21. The van der Waals surface area contributed by atoms with Crippen LogP contribution in [0.25, 0.3) is 0 Å². The number of hydrogen-bond donors (Lipinski definition) is 1. The number of ether oxygens (including phenoxy) is 1. The Hall–Kier alpha value is -1.76. The number of carbonyl (C=O) groups is 2. The molecule has 0 aliphatic rings. The molecular formula is C21H23BrCl2N2O3. The Morgan fingerprint density at radius 2 is 1.72 bits per heavy atom. The van der Waals surface area contributed by atoms with Crippen molar-refractivity contribution in [2.45, 2.75) is 39.4 Å². The lowest BCUT2D eigenvalue weighted by Gasteiger charge is -2.29. The van der Waals surface area contributed by atoms with E-state index in [-0.39, 0.29) is 31.0 Å². The second kappa shape index (κ2) is 10.9. The number of benzene rings is 2. The van der Waals surface area contributed by atoms with Crippen molar-refractivity contribution >= 4 is 50.9 Å². The van der Waals surface area contributed by atoms with Gasteiger partial charge in [0.1, 0.15) is 11.8 Å². The summed E-state index contributed by atoms with van der Waals surface area (Å²) in [6.45, 7) is 5.43. The highest BCUT2D eigenvalue weighted by Crippen LogP contribution is 2.24. The number of amides is 2. The van der Waals surface area contributed by atoms with Crippen LogP contribution in [0.2, 0.25) is 10.0 Å². The Kier molecular flexibility index (Phi) is 8.80. The van der Waals surface area contributed by atoms with Crippen molar-refractivity contribution in [3.05, 3.63) is 62.5 Å². The average molecular weight is 502 g/mol. The minimum atomic E-state index is -0.687.